The second-order valence-electron chi connectivity index (χ2n) is 4.83. The third kappa shape index (κ3) is 7.37. The predicted molar refractivity (Wildman–Crippen MR) is 64.5 cm³/mol. The number of nitrogens with two attached hydrogens (primary N) is 1. The summed E-state index contributed by atoms with van der Waals surface area (Å²) >= 11 is 0. The molecule has 0 saturated heterocycles. The van der Waals surface area contributed by atoms with E-state index in [0.29, 0.717) is 11.8 Å². The molecular weight excluding hydrogens is 188 g/mol. The Morgan fingerprint density at radius 2 is 1.93 bits per heavy atom. The van der Waals surface area contributed by atoms with E-state index in [4.69, 9.17) is 5.73 Å². The molecule has 0 spiro atoms. The highest BCUT2D eigenvalue weighted by atomic mass is 16.2. The topological polar surface area (TPSA) is 55.1 Å². The maximum atomic E-state index is 11.5. The lowest BCUT2D eigenvalue weighted by atomic mass is 10.0. The number of nitrogens with one attached hydrogen (secondary N) is 1. The number of amides is 1. The van der Waals surface area contributed by atoms with Crippen molar-refractivity contribution in [3.8, 4) is 0 Å². The maximum Gasteiger partial charge on any atom is 0.236 e. The van der Waals surface area contributed by atoms with Gasteiger partial charge >= 0.3 is 0 Å². The van der Waals surface area contributed by atoms with Crippen molar-refractivity contribution < 1.29 is 4.79 Å². The van der Waals surface area contributed by atoms with Crippen LogP contribution in [0.4, 0.5) is 0 Å². The number of carbonyl (C=O) groups is 1. The van der Waals surface area contributed by atoms with Gasteiger partial charge in [-0.05, 0) is 24.7 Å². The highest BCUT2D eigenvalue weighted by Crippen LogP contribution is 2.05. The lowest BCUT2D eigenvalue weighted by Gasteiger charge is -2.15. The van der Waals surface area contributed by atoms with E-state index >= 15 is 0 Å². The summed E-state index contributed by atoms with van der Waals surface area (Å²) in [5.74, 6) is 1.14. The van der Waals surface area contributed by atoms with Crippen molar-refractivity contribution in [1.82, 2.24) is 5.32 Å². The molecule has 3 N–H and O–H groups in total. The molecule has 0 aliphatic carbocycles. The van der Waals surface area contributed by atoms with Gasteiger partial charge in [-0.25, -0.2) is 0 Å². The molecule has 0 rings (SSSR count). The van der Waals surface area contributed by atoms with Crippen molar-refractivity contribution in [3.63, 3.8) is 0 Å². The largest absolute Gasteiger partial charge is 0.355 e. The first kappa shape index (κ1) is 14.4. The van der Waals surface area contributed by atoms with E-state index in [0.717, 1.165) is 25.8 Å². The van der Waals surface area contributed by atoms with E-state index in [1.54, 1.807) is 0 Å². The van der Waals surface area contributed by atoms with Crippen LogP contribution in [0.3, 0.4) is 0 Å². The van der Waals surface area contributed by atoms with Crippen LogP contribution >= 0.6 is 0 Å². The molecule has 0 heterocycles. The zero-order chi connectivity index (χ0) is 11.8. The van der Waals surface area contributed by atoms with Gasteiger partial charge in [0, 0.05) is 6.54 Å². The fourth-order valence-corrected chi connectivity index (χ4v) is 1.39. The summed E-state index contributed by atoms with van der Waals surface area (Å²) in [4.78, 5) is 11.5. The van der Waals surface area contributed by atoms with Crippen LogP contribution < -0.4 is 11.1 Å². The van der Waals surface area contributed by atoms with Gasteiger partial charge in [0.1, 0.15) is 0 Å². The summed E-state index contributed by atoms with van der Waals surface area (Å²) < 4.78 is 0. The minimum absolute atomic E-state index is 0.00740. The monoisotopic (exact) mass is 214 g/mol. The molecule has 0 aromatic carbocycles. The van der Waals surface area contributed by atoms with Gasteiger partial charge in [0.05, 0.1) is 6.04 Å². The molecule has 0 bridgehead atoms. The summed E-state index contributed by atoms with van der Waals surface area (Å²) in [7, 11) is 0. The van der Waals surface area contributed by atoms with Crippen molar-refractivity contribution in [2.75, 3.05) is 6.54 Å². The van der Waals surface area contributed by atoms with E-state index < -0.39 is 0 Å². The Kier molecular flexibility index (Phi) is 7.39. The third-order valence-corrected chi connectivity index (χ3v) is 2.70. The first-order chi connectivity index (χ1) is 6.97. The molecule has 2 unspecified atom stereocenters. The molecule has 2 atom stereocenters. The van der Waals surface area contributed by atoms with Gasteiger partial charge in [-0.3, -0.25) is 4.79 Å². The Morgan fingerprint density at radius 1 is 1.33 bits per heavy atom. The third-order valence-electron chi connectivity index (χ3n) is 2.70. The van der Waals surface area contributed by atoms with Crippen molar-refractivity contribution >= 4 is 5.91 Å². The molecular formula is C12H26N2O. The van der Waals surface area contributed by atoms with Crippen LogP contribution in [0.1, 0.15) is 47.0 Å². The Morgan fingerprint density at radius 3 is 2.40 bits per heavy atom. The Labute approximate surface area is 93.8 Å². The average molecular weight is 214 g/mol. The van der Waals surface area contributed by atoms with Crippen LogP contribution in [0, 0.1) is 11.8 Å². The summed E-state index contributed by atoms with van der Waals surface area (Å²) in [6.07, 6.45) is 2.96. The fraction of sp³-hybridized carbons (Fsp3) is 0.917. The van der Waals surface area contributed by atoms with Gasteiger partial charge in [0.25, 0.3) is 0 Å². The van der Waals surface area contributed by atoms with Crippen LogP contribution in [0.2, 0.25) is 0 Å². The maximum absolute atomic E-state index is 11.5. The molecule has 15 heavy (non-hydrogen) atoms. The van der Waals surface area contributed by atoms with E-state index in [2.05, 4.69) is 33.0 Å². The molecule has 90 valence electrons. The van der Waals surface area contributed by atoms with E-state index in [1.807, 2.05) is 0 Å². The molecule has 3 nitrogen and oxygen atoms in total. The number of rotatable bonds is 7. The number of hydrogen-bond acceptors (Lipinski definition) is 2. The minimum atomic E-state index is -0.345. The Balaban J connectivity index is 3.64. The molecule has 0 fully saturated rings. The molecule has 0 aromatic rings. The SMILES string of the molecule is CCC(C)CCNC(=O)C(N)CC(C)C. The summed E-state index contributed by atoms with van der Waals surface area (Å²) in [5.41, 5.74) is 5.76. The van der Waals surface area contributed by atoms with Gasteiger partial charge in [-0.1, -0.05) is 34.1 Å². The first-order valence-electron chi connectivity index (χ1n) is 6.00. The van der Waals surface area contributed by atoms with Gasteiger partial charge in [-0.15, -0.1) is 0 Å². The van der Waals surface area contributed by atoms with Crippen LogP contribution in [0.15, 0.2) is 0 Å². The number of carbonyl (C=O) groups excluding carboxylic acids is 1. The summed E-state index contributed by atoms with van der Waals surface area (Å²) in [6.45, 7) is 9.26. The molecule has 0 saturated carbocycles. The Bertz CT molecular complexity index is 180. The fourth-order valence-electron chi connectivity index (χ4n) is 1.39. The zero-order valence-electron chi connectivity index (χ0n) is 10.5. The molecule has 0 aliphatic rings. The van der Waals surface area contributed by atoms with Crippen molar-refractivity contribution in [2.24, 2.45) is 17.6 Å². The predicted octanol–water partition coefficient (Wildman–Crippen LogP) is 1.91. The lowest BCUT2D eigenvalue weighted by Crippen LogP contribution is -2.41. The summed E-state index contributed by atoms with van der Waals surface area (Å²) in [6, 6.07) is -0.345. The lowest BCUT2D eigenvalue weighted by molar-refractivity contribution is -0.122. The van der Waals surface area contributed by atoms with Crippen molar-refractivity contribution in [2.45, 2.75) is 53.0 Å². The highest BCUT2D eigenvalue weighted by Gasteiger charge is 2.14. The van der Waals surface area contributed by atoms with Gasteiger partial charge in [0.15, 0.2) is 0 Å². The van der Waals surface area contributed by atoms with Gasteiger partial charge < -0.3 is 11.1 Å². The van der Waals surface area contributed by atoms with Gasteiger partial charge in [-0.2, -0.15) is 0 Å². The van der Waals surface area contributed by atoms with E-state index in [1.165, 1.54) is 0 Å². The minimum Gasteiger partial charge on any atom is -0.355 e. The molecule has 0 aliphatic heterocycles. The quantitative estimate of drug-likeness (QED) is 0.680. The second-order valence-corrected chi connectivity index (χ2v) is 4.83. The van der Waals surface area contributed by atoms with Crippen molar-refractivity contribution in [3.05, 3.63) is 0 Å². The molecule has 0 radical (unpaired) electrons. The number of hydrogen-bond donors (Lipinski definition) is 2. The first-order valence-corrected chi connectivity index (χ1v) is 6.00. The Hall–Kier alpha value is -0.570. The molecule has 3 heteroatoms. The highest BCUT2D eigenvalue weighted by molar-refractivity contribution is 5.81. The van der Waals surface area contributed by atoms with Gasteiger partial charge in [0.2, 0.25) is 5.91 Å². The second kappa shape index (κ2) is 7.69. The van der Waals surface area contributed by atoms with Crippen LogP contribution in [0.25, 0.3) is 0 Å². The average Bonchev–Trinajstić information content (AvgIpc) is 2.16. The molecule has 1 amide bonds. The van der Waals surface area contributed by atoms with E-state index in [-0.39, 0.29) is 11.9 Å². The van der Waals surface area contributed by atoms with Crippen molar-refractivity contribution in [1.29, 1.82) is 0 Å². The van der Waals surface area contributed by atoms with Crippen LogP contribution in [0.5, 0.6) is 0 Å². The standard InChI is InChI=1S/C12H26N2O/c1-5-10(4)6-7-14-12(15)11(13)8-9(2)3/h9-11H,5-8,13H2,1-4H3,(H,14,15). The normalized spacial score (nSPS) is 15.1. The zero-order valence-corrected chi connectivity index (χ0v) is 10.5. The smallest absolute Gasteiger partial charge is 0.236 e. The van der Waals surface area contributed by atoms with Crippen LogP contribution in [-0.2, 0) is 4.79 Å². The molecule has 0 aromatic heterocycles. The van der Waals surface area contributed by atoms with E-state index in [9.17, 15) is 4.79 Å². The van der Waals surface area contributed by atoms with Crippen LogP contribution in [-0.4, -0.2) is 18.5 Å². The summed E-state index contributed by atoms with van der Waals surface area (Å²) in [5, 5.41) is 2.89.